The summed E-state index contributed by atoms with van der Waals surface area (Å²) < 4.78 is 0. The van der Waals surface area contributed by atoms with Crippen LogP contribution in [0.4, 0.5) is 0 Å². The third-order valence-electron chi connectivity index (χ3n) is 2.13. The fourth-order valence-electron chi connectivity index (χ4n) is 1.18. The van der Waals surface area contributed by atoms with Crippen LogP contribution in [0.2, 0.25) is 0 Å². The Labute approximate surface area is 101 Å². The van der Waals surface area contributed by atoms with Crippen LogP contribution < -0.4 is 5.32 Å². The van der Waals surface area contributed by atoms with Gasteiger partial charge in [-0.2, -0.15) is 0 Å². The largest absolute Gasteiger partial charge is 0.390 e. The number of nitrogens with one attached hydrogen (secondary N) is 1. The van der Waals surface area contributed by atoms with E-state index in [-0.39, 0.29) is 18.5 Å². The van der Waals surface area contributed by atoms with Gasteiger partial charge in [0.2, 0.25) is 0 Å². The van der Waals surface area contributed by atoms with Gasteiger partial charge in [-0.15, -0.1) is 12.4 Å². The van der Waals surface area contributed by atoms with E-state index in [0.29, 0.717) is 6.42 Å². The van der Waals surface area contributed by atoms with Crippen LogP contribution in [0.25, 0.3) is 0 Å². The zero-order valence-electron chi connectivity index (χ0n) is 9.09. The Morgan fingerprint density at radius 3 is 2.75 bits per heavy atom. The van der Waals surface area contributed by atoms with E-state index in [1.54, 1.807) is 18.5 Å². The van der Waals surface area contributed by atoms with E-state index in [0.717, 1.165) is 24.6 Å². The molecule has 16 heavy (non-hydrogen) atoms. The SMILES string of the molecule is CC(Cc1ncccn1)=NOC1CNC1.Cl. The number of rotatable bonds is 4. The quantitative estimate of drug-likeness (QED) is 0.627. The van der Waals surface area contributed by atoms with Crippen molar-refractivity contribution >= 4 is 18.1 Å². The first-order valence-corrected chi connectivity index (χ1v) is 5.00. The zero-order valence-corrected chi connectivity index (χ0v) is 9.91. The maximum atomic E-state index is 5.28. The van der Waals surface area contributed by atoms with Gasteiger partial charge >= 0.3 is 0 Å². The van der Waals surface area contributed by atoms with Gasteiger partial charge in [0.25, 0.3) is 0 Å². The number of hydrogen-bond donors (Lipinski definition) is 1. The summed E-state index contributed by atoms with van der Waals surface area (Å²) in [4.78, 5) is 13.5. The van der Waals surface area contributed by atoms with Gasteiger partial charge in [-0.1, -0.05) is 5.16 Å². The highest BCUT2D eigenvalue weighted by Crippen LogP contribution is 2.00. The highest BCUT2D eigenvalue weighted by atomic mass is 35.5. The van der Waals surface area contributed by atoms with E-state index in [9.17, 15) is 0 Å². The number of nitrogens with zero attached hydrogens (tertiary/aromatic N) is 3. The van der Waals surface area contributed by atoms with Gasteiger partial charge in [-0.05, 0) is 13.0 Å². The van der Waals surface area contributed by atoms with Gasteiger partial charge in [0, 0.05) is 31.9 Å². The van der Waals surface area contributed by atoms with Crippen molar-refractivity contribution in [1.29, 1.82) is 0 Å². The van der Waals surface area contributed by atoms with E-state index in [1.165, 1.54) is 0 Å². The normalized spacial score (nSPS) is 16.2. The zero-order chi connectivity index (χ0) is 10.5. The summed E-state index contributed by atoms with van der Waals surface area (Å²) in [6, 6.07) is 1.80. The molecule has 0 spiro atoms. The molecule has 1 aliphatic heterocycles. The lowest BCUT2D eigenvalue weighted by Gasteiger charge is -2.24. The third-order valence-corrected chi connectivity index (χ3v) is 2.13. The summed E-state index contributed by atoms with van der Waals surface area (Å²) in [5, 5.41) is 7.15. The van der Waals surface area contributed by atoms with Gasteiger partial charge in [0.1, 0.15) is 5.82 Å². The van der Waals surface area contributed by atoms with Gasteiger partial charge in [-0.3, -0.25) is 0 Å². The molecule has 88 valence electrons. The molecule has 0 saturated carbocycles. The van der Waals surface area contributed by atoms with Crippen LogP contribution in [0.3, 0.4) is 0 Å². The van der Waals surface area contributed by atoms with Crippen molar-refractivity contribution in [1.82, 2.24) is 15.3 Å². The Hall–Kier alpha value is -1.20. The number of oxime groups is 1. The molecule has 1 saturated heterocycles. The average molecular weight is 243 g/mol. The second-order valence-electron chi connectivity index (χ2n) is 3.55. The Kier molecular flexibility index (Phi) is 5.14. The molecule has 1 aromatic heterocycles. The summed E-state index contributed by atoms with van der Waals surface area (Å²) in [6.45, 7) is 3.69. The Bertz CT molecular complexity index is 340. The smallest absolute Gasteiger partial charge is 0.152 e. The maximum Gasteiger partial charge on any atom is 0.152 e. The predicted octanol–water partition coefficient (Wildman–Crippen LogP) is 0.805. The summed E-state index contributed by atoms with van der Waals surface area (Å²) in [6.07, 6.45) is 4.33. The van der Waals surface area contributed by atoms with E-state index in [2.05, 4.69) is 20.4 Å². The van der Waals surface area contributed by atoms with Gasteiger partial charge in [-0.25, -0.2) is 9.97 Å². The third kappa shape index (κ3) is 3.75. The molecule has 0 amide bonds. The average Bonchev–Trinajstić information content (AvgIpc) is 2.17. The van der Waals surface area contributed by atoms with Crippen LogP contribution in [0.5, 0.6) is 0 Å². The van der Waals surface area contributed by atoms with Crippen molar-refractivity contribution in [3.63, 3.8) is 0 Å². The number of hydrogen-bond acceptors (Lipinski definition) is 5. The fourth-order valence-corrected chi connectivity index (χ4v) is 1.18. The molecule has 1 aromatic rings. The van der Waals surface area contributed by atoms with E-state index >= 15 is 0 Å². The van der Waals surface area contributed by atoms with Crippen LogP contribution in [0.1, 0.15) is 12.7 Å². The Balaban J connectivity index is 0.00000128. The lowest BCUT2D eigenvalue weighted by Crippen LogP contribution is -2.47. The van der Waals surface area contributed by atoms with E-state index in [4.69, 9.17) is 4.84 Å². The van der Waals surface area contributed by atoms with Crippen LogP contribution in [-0.4, -0.2) is 34.9 Å². The molecule has 0 bridgehead atoms. The summed E-state index contributed by atoms with van der Waals surface area (Å²) in [7, 11) is 0. The maximum absolute atomic E-state index is 5.28. The molecule has 2 heterocycles. The first-order chi connectivity index (χ1) is 7.34. The molecular weight excluding hydrogens is 228 g/mol. The summed E-state index contributed by atoms with van der Waals surface area (Å²) in [5.41, 5.74) is 0.896. The Morgan fingerprint density at radius 2 is 2.19 bits per heavy atom. The molecular formula is C10H15ClN4O. The van der Waals surface area contributed by atoms with Crippen molar-refractivity contribution in [2.75, 3.05) is 13.1 Å². The van der Waals surface area contributed by atoms with Crippen LogP contribution in [0.15, 0.2) is 23.6 Å². The van der Waals surface area contributed by atoms with Crippen LogP contribution in [-0.2, 0) is 11.3 Å². The molecule has 5 nitrogen and oxygen atoms in total. The molecule has 6 heteroatoms. The van der Waals surface area contributed by atoms with Crippen LogP contribution in [0, 0.1) is 0 Å². The Morgan fingerprint density at radius 1 is 1.50 bits per heavy atom. The van der Waals surface area contributed by atoms with Crippen molar-refractivity contribution < 1.29 is 4.84 Å². The lowest BCUT2D eigenvalue weighted by molar-refractivity contribution is 0.0227. The fraction of sp³-hybridized carbons (Fsp3) is 0.500. The minimum atomic E-state index is 0. The standard InChI is InChI=1S/C10H14N4O.ClH/c1-8(14-15-9-6-11-7-9)5-10-12-3-2-4-13-10;/h2-4,9,11H,5-7H2,1H3;1H. The molecule has 1 N–H and O–H groups in total. The second-order valence-corrected chi connectivity index (χ2v) is 3.55. The minimum Gasteiger partial charge on any atom is -0.390 e. The molecule has 1 aliphatic rings. The second kappa shape index (κ2) is 6.40. The van der Waals surface area contributed by atoms with E-state index in [1.807, 2.05) is 6.92 Å². The first-order valence-electron chi connectivity index (χ1n) is 5.00. The lowest BCUT2D eigenvalue weighted by atomic mass is 10.2. The van der Waals surface area contributed by atoms with E-state index < -0.39 is 0 Å². The van der Waals surface area contributed by atoms with Gasteiger partial charge in [0.15, 0.2) is 6.10 Å². The van der Waals surface area contributed by atoms with Crippen molar-refractivity contribution in [2.45, 2.75) is 19.4 Å². The topological polar surface area (TPSA) is 59.4 Å². The minimum absolute atomic E-state index is 0. The van der Waals surface area contributed by atoms with Gasteiger partial charge in [0.05, 0.1) is 5.71 Å². The van der Waals surface area contributed by atoms with Crippen molar-refractivity contribution in [3.05, 3.63) is 24.3 Å². The number of halogens is 1. The molecule has 0 atom stereocenters. The molecule has 0 aliphatic carbocycles. The first kappa shape index (κ1) is 12.9. The summed E-state index contributed by atoms with van der Waals surface area (Å²) >= 11 is 0. The molecule has 0 unspecified atom stereocenters. The predicted molar refractivity (Wildman–Crippen MR) is 63.8 cm³/mol. The number of aromatic nitrogens is 2. The molecule has 2 rings (SSSR count). The summed E-state index contributed by atoms with van der Waals surface area (Å²) in [5.74, 6) is 0.772. The van der Waals surface area contributed by atoms with Crippen molar-refractivity contribution in [2.24, 2.45) is 5.16 Å². The highest BCUT2D eigenvalue weighted by Gasteiger charge is 2.17. The molecule has 0 radical (unpaired) electrons. The van der Waals surface area contributed by atoms with Crippen LogP contribution >= 0.6 is 12.4 Å². The molecule has 1 fully saturated rings. The van der Waals surface area contributed by atoms with Gasteiger partial charge < -0.3 is 10.2 Å². The molecule has 0 aromatic carbocycles. The van der Waals surface area contributed by atoms with Crippen molar-refractivity contribution in [3.8, 4) is 0 Å². The monoisotopic (exact) mass is 242 g/mol. The highest BCUT2D eigenvalue weighted by molar-refractivity contribution is 5.85.